The fraction of sp³-hybridized carbons (Fsp3) is 0.625. The third-order valence-corrected chi connectivity index (χ3v) is 5.98. The smallest absolute Gasteiger partial charge is 0.126 e. The van der Waals surface area contributed by atoms with Crippen LogP contribution in [0.4, 0.5) is 8.78 Å². The highest BCUT2D eigenvalue weighted by Crippen LogP contribution is 2.37. The van der Waals surface area contributed by atoms with Gasteiger partial charge < -0.3 is 0 Å². The first kappa shape index (κ1) is 16.6. The first-order valence-corrected chi connectivity index (χ1v) is 9.09. The van der Waals surface area contributed by atoms with E-state index in [2.05, 4.69) is 13.8 Å². The van der Waals surface area contributed by atoms with Crippen LogP contribution in [0.2, 0.25) is 0 Å². The third kappa shape index (κ3) is 6.47. The third-order valence-electron chi connectivity index (χ3n) is 3.28. The Morgan fingerprint density at radius 3 is 1.68 bits per heavy atom. The van der Waals surface area contributed by atoms with E-state index in [1.807, 2.05) is 0 Å². The largest absolute Gasteiger partial charge is 0.207 e. The Labute approximate surface area is 117 Å². The molecule has 0 radical (unpaired) electrons. The number of hydrogen-bond acceptors (Lipinski definition) is 0. The van der Waals surface area contributed by atoms with Crippen LogP contribution in [-0.4, -0.2) is 12.3 Å². The van der Waals surface area contributed by atoms with E-state index >= 15 is 0 Å². The lowest BCUT2D eigenvalue weighted by atomic mass is 10.3. The SMILES string of the molecule is CCCCCP(CCCCC)c1cc(F)cc(F)c1. The van der Waals surface area contributed by atoms with Gasteiger partial charge in [0.1, 0.15) is 11.6 Å². The zero-order valence-corrected chi connectivity index (χ0v) is 13.0. The molecule has 0 heterocycles. The molecule has 0 saturated heterocycles. The fourth-order valence-corrected chi connectivity index (χ4v) is 4.76. The Morgan fingerprint density at radius 1 is 0.789 bits per heavy atom. The minimum atomic E-state index is -0.437. The monoisotopic (exact) mass is 286 g/mol. The summed E-state index contributed by atoms with van der Waals surface area (Å²) < 4.78 is 26.7. The second-order valence-electron chi connectivity index (χ2n) is 5.03. The summed E-state index contributed by atoms with van der Waals surface area (Å²) in [6.07, 6.45) is 9.37. The number of hydrogen-bond donors (Lipinski definition) is 0. The molecule has 0 N–H and O–H groups in total. The van der Waals surface area contributed by atoms with E-state index in [4.69, 9.17) is 0 Å². The van der Waals surface area contributed by atoms with E-state index in [0.717, 1.165) is 23.7 Å². The molecule has 0 aromatic heterocycles. The summed E-state index contributed by atoms with van der Waals surface area (Å²) in [6.45, 7) is 4.36. The van der Waals surface area contributed by atoms with Gasteiger partial charge in [-0.2, -0.15) is 0 Å². The fourth-order valence-electron chi connectivity index (χ4n) is 2.20. The first-order chi connectivity index (χ1) is 9.17. The molecule has 0 fully saturated rings. The van der Waals surface area contributed by atoms with Crippen molar-refractivity contribution in [2.75, 3.05) is 12.3 Å². The summed E-state index contributed by atoms with van der Waals surface area (Å²) in [6, 6.07) is 4.04. The van der Waals surface area contributed by atoms with Crippen LogP contribution in [-0.2, 0) is 0 Å². The summed E-state index contributed by atoms with van der Waals surface area (Å²) in [4.78, 5) is 0. The van der Waals surface area contributed by atoms with Crippen LogP contribution >= 0.6 is 7.92 Å². The average Bonchev–Trinajstić information content (AvgIpc) is 2.36. The summed E-state index contributed by atoms with van der Waals surface area (Å²) >= 11 is 0. The van der Waals surface area contributed by atoms with Crippen molar-refractivity contribution in [2.45, 2.75) is 52.4 Å². The van der Waals surface area contributed by atoms with Crippen molar-refractivity contribution >= 4 is 13.2 Å². The van der Waals surface area contributed by atoms with Gasteiger partial charge in [0.05, 0.1) is 0 Å². The van der Waals surface area contributed by atoms with E-state index in [1.54, 1.807) is 0 Å². The second kappa shape index (κ2) is 9.42. The first-order valence-electron chi connectivity index (χ1n) is 7.38. The van der Waals surface area contributed by atoms with Crippen molar-refractivity contribution in [2.24, 2.45) is 0 Å². The molecular formula is C16H25F2P. The number of halogens is 2. The van der Waals surface area contributed by atoms with Crippen LogP contribution in [0.15, 0.2) is 18.2 Å². The van der Waals surface area contributed by atoms with Gasteiger partial charge >= 0.3 is 0 Å². The Morgan fingerprint density at radius 2 is 1.26 bits per heavy atom. The molecule has 1 aromatic rings. The maximum Gasteiger partial charge on any atom is 0.126 e. The summed E-state index contributed by atoms with van der Waals surface area (Å²) in [5.41, 5.74) is 0. The summed E-state index contributed by atoms with van der Waals surface area (Å²) in [7, 11) is -0.391. The molecule has 0 bridgehead atoms. The molecule has 0 atom stereocenters. The van der Waals surface area contributed by atoms with Crippen LogP contribution in [0.5, 0.6) is 0 Å². The zero-order chi connectivity index (χ0) is 14.1. The molecule has 3 heteroatoms. The molecule has 0 nitrogen and oxygen atoms in total. The molecule has 108 valence electrons. The van der Waals surface area contributed by atoms with Crippen molar-refractivity contribution in [1.29, 1.82) is 0 Å². The Kier molecular flexibility index (Phi) is 8.21. The molecule has 0 aliphatic rings. The van der Waals surface area contributed by atoms with E-state index in [9.17, 15) is 8.78 Å². The maximum atomic E-state index is 13.3. The second-order valence-corrected chi connectivity index (χ2v) is 7.52. The molecular weight excluding hydrogens is 261 g/mol. The van der Waals surface area contributed by atoms with Gasteiger partial charge in [0.2, 0.25) is 0 Å². The molecule has 1 rings (SSSR count). The molecule has 0 aliphatic heterocycles. The van der Waals surface area contributed by atoms with Gasteiger partial charge in [-0.3, -0.25) is 0 Å². The molecule has 1 aromatic carbocycles. The summed E-state index contributed by atoms with van der Waals surface area (Å²) in [5.74, 6) is -0.873. The van der Waals surface area contributed by atoms with Crippen molar-refractivity contribution in [3.63, 3.8) is 0 Å². The predicted molar refractivity (Wildman–Crippen MR) is 81.7 cm³/mol. The Balaban J connectivity index is 2.69. The average molecular weight is 286 g/mol. The van der Waals surface area contributed by atoms with Crippen LogP contribution in [0.25, 0.3) is 0 Å². The van der Waals surface area contributed by atoms with Crippen molar-refractivity contribution in [3.05, 3.63) is 29.8 Å². The van der Waals surface area contributed by atoms with Crippen molar-refractivity contribution < 1.29 is 8.78 Å². The number of rotatable bonds is 9. The van der Waals surface area contributed by atoms with E-state index in [0.29, 0.717) is 0 Å². The lowest BCUT2D eigenvalue weighted by Gasteiger charge is -2.18. The van der Waals surface area contributed by atoms with E-state index in [1.165, 1.54) is 50.7 Å². The minimum absolute atomic E-state index is 0.391. The van der Waals surface area contributed by atoms with Gasteiger partial charge in [0, 0.05) is 6.07 Å². The maximum absolute atomic E-state index is 13.3. The van der Waals surface area contributed by atoms with Crippen LogP contribution in [0, 0.1) is 11.6 Å². The molecule has 19 heavy (non-hydrogen) atoms. The quantitative estimate of drug-likeness (QED) is 0.418. The number of benzene rings is 1. The standard InChI is InChI=1S/C16H25F2P/c1-3-5-7-9-19(10-8-6-4-2)16-12-14(17)11-15(18)13-16/h11-13H,3-10H2,1-2H3. The van der Waals surface area contributed by atoms with E-state index in [-0.39, 0.29) is 0 Å². The highest BCUT2D eigenvalue weighted by atomic mass is 31.1. The Bertz CT molecular complexity index is 336. The van der Waals surface area contributed by atoms with Gasteiger partial charge in [-0.25, -0.2) is 8.78 Å². The molecule has 0 amide bonds. The molecule has 0 aliphatic carbocycles. The van der Waals surface area contributed by atoms with Crippen LogP contribution < -0.4 is 5.30 Å². The summed E-state index contributed by atoms with van der Waals surface area (Å²) in [5, 5.41) is 0.903. The van der Waals surface area contributed by atoms with Crippen molar-refractivity contribution in [1.82, 2.24) is 0 Å². The molecule has 0 unspecified atom stereocenters. The Hall–Kier alpha value is -0.490. The normalized spacial score (nSPS) is 11.2. The van der Waals surface area contributed by atoms with E-state index < -0.39 is 19.6 Å². The van der Waals surface area contributed by atoms with Crippen LogP contribution in [0.1, 0.15) is 52.4 Å². The molecule has 0 spiro atoms. The van der Waals surface area contributed by atoms with Gasteiger partial charge in [-0.15, -0.1) is 0 Å². The topological polar surface area (TPSA) is 0 Å². The van der Waals surface area contributed by atoms with Crippen LogP contribution in [0.3, 0.4) is 0 Å². The van der Waals surface area contributed by atoms with Crippen molar-refractivity contribution in [3.8, 4) is 0 Å². The highest BCUT2D eigenvalue weighted by molar-refractivity contribution is 7.65. The lowest BCUT2D eigenvalue weighted by molar-refractivity contribution is 0.585. The van der Waals surface area contributed by atoms with Gasteiger partial charge in [-0.1, -0.05) is 47.5 Å². The van der Waals surface area contributed by atoms with Gasteiger partial charge in [0.15, 0.2) is 0 Å². The lowest BCUT2D eigenvalue weighted by Crippen LogP contribution is -2.09. The predicted octanol–water partition coefficient (Wildman–Crippen LogP) is 5.45. The van der Waals surface area contributed by atoms with Gasteiger partial charge in [-0.05, 0) is 42.6 Å². The minimum Gasteiger partial charge on any atom is -0.207 e. The zero-order valence-electron chi connectivity index (χ0n) is 12.1. The van der Waals surface area contributed by atoms with Gasteiger partial charge in [0.25, 0.3) is 0 Å². The number of unbranched alkanes of at least 4 members (excludes halogenated alkanes) is 4. The molecule has 0 saturated carbocycles. The highest BCUT2D eigenvalue weighted by Gasteiger charge is 2.12.